The Morgan fingerprint density at radius 2 is 1.94 bits per heavy atom. The molecule has 1 aliphatic carbocycles. The normalized spacial score (nSPS) is 22.3. The van der Waals surface area contributed by atoms with Crippen LogP contribution in [0.25, 0.3) is 0 Å². The van der Waals surface area contributed by atoms with E-state index in [1.807, 2.05) is 0 Å². The van der Waals surface area contributed by atoms with Crippen LogP contribution in [-0.2, 0) is 12.8 Å². The fourth-order valence-electron chi connectivity index (χ4n) is 3.35. The van der Waals surface area contributed by atoms with Crippen molar-refractivity contribution in [3.8, 4) is 0 Å². The first-order valence-corrected chi connectivity index (χ1v) is 7.56. The van der Waals surface area contributed by atoms with Crippen LogP contribution in [0.5, 0.6) is 0 Å². The number of rotatable bonds is 5. The number of hydrogen-bond donors (Lipinski definition) is 1. The number of hydrogen-bond acceptors (Lipinski definition) is 1. The molecule has 0 bridgehead atoms. The van der Waals surface area contributed by atoms with Gasteiger partial charge in [-0.3, -0.25) is 0 Å². The summed E-state index contributed by atoms with van der Waals surface area (Å²) in [5, 5.41) is 3.73. The van der Waals surface area contributed by atoms with Crippen molar-refractivity contribution in [2.75, 3.05) is 6.54 Å². The van der Waals surface area contributed by atoms with Gasteiger partial charge in [0.15, 0.2) is 0 Å². The maximum atomic E-state index is 3.73. The second-order valence-electron chi connectivity index (χ2n) is 5.74. The molecule has 1 nitrogen and oxygen atoms in total. The monoisotopic (exact) mass is 245 g/mol. The van der Waals surface area contributed by atoms with Crippen LogP contribution in [0.2, 0.25) is 0 Å². The molecule has 2 rings (SSSR count). The Morgan fingerprint density at radius 3 is 2.61 bits per heavy atom. The zero-order valence-electron chi connectivity index (χ0n) is 12.1. The van der Waals surface area contributed by atoms with Gasteiger partial charge in [0.05, 0.1) is 0 Å². The molecule has 1 heteroatoms. The number of fused-ring (bicyclic) bond motifs is 1. The number of benzene rings is 1. The molecular weight excluding hydrogens is 218 g/mol. The Labute approximate surface area is 112 Å². The molecule has 1 aliphatic rings. The lowest BCUT2D eigenvalue weighted by molar-refractivity contribution is 0.246. The summed E-state index contributed by atoms with van der Waals surface area (Å²) in [6.07, 6.45) is 5.15. The van der Waals surface area contributed by atoms with Gasteiger partial charge in [0, 0.05) is 6.04 Å². The van der Waals surface area contributed by atoms with Crippen LogP contribution in [-0.4, -0.2) is 12.6 Å². The molecule has 0 radical (unpaired) electrons. The second kappa shape index (κ2) is 6.38. The zero-order chi connectivity index (χ0) is 13.0. The summed E-state index contributed by atoms with van der Waals surface area (Å²) in [5.41, 5.74) is 3.16. The van der Waals surface area contributed by atoms with Crippen molar-refractivity contribution in [3.63, 3.8) is 0 Å². The number of nitrogens with one attached hydrogen (secondary N) is 1. The Kier molecular flexibility index (Phi) is 4.82. The summed E-state index contributed by atoms with van der Waals surface area (Å²) in [7, 11) is 0. The van der Waals surface area contributed by atoms with E-state index in [1.165, 1.54) is 25.7 Å². The predicted molar refractivity (Wildman–Crippen MR) is 78.9 cm³/mol. The minimum Gasteiger partial charge on any atom is -0.314 e. The largest absolute Gasteiger partial charge is 0.314 e. The van der Waals surface area contributed by atoms with E-state index in [2.05, 4.69) is 50.4 Å². The first-order valence-electron chi connectivity index (χ1n) is 7.56. The van der Waals surface area contributed by atoms with Gasteiger partial charge in [-0.15, -0.1) is 0 Å². The average Bonchev–Trinajstić information content (AvgIpc) is 2.43. The fourth-order valence-corrected chi connectivity index (χ4v) is 3.35. The van der Waals surface area contributed by atoms with Gasteiger partial charge < -0.3 is 5.32 Å². The van der Waals surface area contributed by atoms with E-state index in [4.69, 9.17) is 0 Å². The summed E-state index contributed by atoms with van der Waals surface area (Å²) in [5.74, 6) is 1.59. The SMILES string of the molecule is CCNC(C(C)CC)C1CCc2ccccc2C1. The van der Waals surface area contributed by atoms with E-state index in [9.17, 15) is 0 Å². The smallest absolute Gasteiger partial charge is 0.0124 e. The van der Waals surface area contributed by atoms with E-state index >= 15 is 0 Å². The molecule has 1 N–H and O–H groups in total. The summed E-state index contributed by atoms with van der Waals surface area (Å²) in [4.78, 5) is 0. The Balaban J connectivity index is 2.10. The minimum atomic E-state index is 0.688. The third kappa shape index (κ3) is 2.95. The van der Waals surface area contributed by atoms with E-state index in [0.717, 1.165) is 18.4 Å². The average molecular weight is 245 g/mol. The van der Waals surface area contributed by atoms with Gasteiger partial charge >= 0.3 is 0 Å². The quantitative estimate of drug-likeness (QED) is 0.831. The molecule has 0 saturated heterocycles. The molecule has 0 amide bonds. The van der Waals surface area contributed by atoms with Crippen molar-refractivity contribution in [1.82, 2.24) is 5.32 Å². The maximum absolute atomic E-state index is 3.73. The third-order valence-electron chi connectivity index (χ3n) is 4.59. The van der Waals surface area contributed by atoms with Crippen LogP contribution in [0.3, 0.4) is 0 Å². The van der Waals surface area contributed by atoms with Crippen LogP contribution in [0.1, 0.15) is 44.7 Å². The highest BCUT2D eigenvalue weighted by Gasteiger charge is 2.28. The lowest BCUT2D eigenvalue weighted by atomic mass is 9.76. The standard InChI is InChI=1S/C17H27N/c1-4-13(3)17(18-5-2)16-11-10-14-8-6-7-9-15(14)12-16/h6-9,13,16-18H,4-5,10-12H2,1-3H3. The van der Waals surface area contributed by atoms with Crippen molar-refractivity contribution >= 4 is 0 Å². The van der Waals surface area contributed by atoms with Gasteiger partial charge in [0.2, 0.25) is 0 Å². The fraction of sp³-hybridized carbons (Fsp3) is 0.647. The summed E-state index contributed by atoms with van der Waals surface area (Å²) < 4.78 is 0. The first kappa shape index (κ1) is 13.6. The van der Waals surface area contributed by atoms with Gasteiger partial charge in [-0.2, -0.15) is 0 Å². The summed E-state index contributed by atoms with van der Waals surface area (Å²) >= 11 is 0. The predicted octanol–water partition coefficient (Wildman–Crippen LogP) is 3.82. The maximum Gasteiger partial charge on any atom is 0.0124 e. The summed E-state index contributed by atoms with van der Waals surface area (Å²) in [6, 6.07) is 9.67. The molecule has 100 valence electrons. The molecule has 0 fully saturated rings. The molecule has 0 aliphatic heterocycles. The first-order chi connectivity index (χ1) is 8.76. The molecule has 0 saturated carbocycles. The highest BCUT2D eigenvalue weighted by atomic mass is 14.9. The van der Waals surface area contributed by atoms with E-state index in [-0.39, 0.29) is 0 Å². The summed E-state index contributed by atoms with van der Waals surface area (Å²) in [6.45, 7) is 8.03. The lowest BCUT2D eigenvalue weighted by Crippen LogP contribution is -2.43. The molecule has 0 heterocycles. The zero-order valence-corrected chi connectivity index (χ0v) is 12.1. The van der Waals surface area contributed by atoms with Gasteiger partial charge in [-0.05, 0) is 48.8 Å². The molecule has 3 atom stereocenters. The third-order valence-corrected chi connectivity index (χ3v) is 4.59. The highest BCUT2D eigenvalue weighted by molar-refractivity contribution is 5.30. The molecule has 18 heavy (non-hydrogen) atoms. The van der Waals surface area contributed by atoms with Gasteiger partial charge in [-0.25, -0.2) is 0 Å². The Hall–Kier alpha value is -0.820. The molecule has 3 unspecified atom stereocenters. The van der Waals surface area contributed by atoms with E-state index in [0.29, 0.717) is 6.04 Å². The molecule has 1 aromatic carbocycles. The topological polar surface area (TPSA) is 12.0 Å². The molecular formula is C17H27N. The lowest BCUT2D eigenvalue weighted by Gasteiger charge is -2.35. The van der Waals surface area contributed by atoms with Crippen LogP contribution in [0, 0.1) is 11.8 Å². The molecule has 0 spiro atoms. The molecule has 0 aromatic heterocycles. The van der Waals surface area contributed by atoms with Crippen LogP contribution in [0.15, 0.2) is 24.3 Å². The van der Waals surface area contributed by atoms with Gasteiger partial charge in [-0.1, -0.05) is 51.5 Å². The minimum absolute atomic E-state index is 0.688. The van der Waals surface area contributed by atoms with Crippen LogP contribution >= 0.6 is 0 Å². The van der Waals surface area contributed by atoms with Crippen molar-refractivity contribution < 1.29 is 0 Å². The van der Waals surface area contributed by atoms with Crippen LogP contribution in [0.4, 0.5) is 0 Å². The van der Waals surface area contributed by atoms with Gasteiger partial charge in [0.25, 0.3) is 0 Å². The van der Waals surface area contributed by atoms with Crippen molar-refractivity contribution in [2.24, 2.45) is 11.8 Å². The highest BCUT2D eigenvalue weighted by Crippen LogP contribution is 2.30. The Bertz CT molecular complexity index is 372. The van der Waals surface area contributed by atoms with E-state index in [1.54, 1.807) is 11.1 Å². The van der Waals surface area contributed by atoms with Crippen LogP contribution < -0.4 is 5.32 Å². The van der Waals surface area contributed by atoms with Gasteiger partial charge in [0.1, 0.15) is 0 Å². The number of aryl methyl sites for hydroxylation is 1. The second-order valence-corrected chi connectivity index (χ2v) is 5.74. The molecule has 1 aromatic rings. The van der Waals surface area contributed by atoms with E-state index < -0.39 is 0 Å². The van der Waals surface area contributed by atoms with Crippen molar-refractivity contribution in [2.45, 2.75) is 52.5 Å². The van der Waals surface area contributed by atoms with Crippen molar-refractivity contribution in [1.29, 1.82) is 0 Å². The van der Waals surface area contributed by atoms with Crippen molar-refractivity contribution in [3.05, 3.63) is 35.4 Å². The Morgan fingerprint density at radius 1 is 1.22 bits per heavy atom.